The maximum absolute atomic E-state index is 10.5. The molecule has 0 saturated heterocycles. The van der Waals surface area contributed by atoms with E-state index < -0.39 is 4.92 Å². The van der Waals surface area contributed by atoms with Crippen LogP contribution in [0.5, 0.6) is 0 Å². The molecule has 0 amide bonds. The molecule has 2 aromatic rings. The number of nitrogens with one attached hydrogen (secondary N) is 1. The van der Waals surface area contributed by atoms with Crippen molar-refractivity contribution in [3.8, 4) is 0 Å². The predicted octanol–water partition coefficient (Wildman–Crippen LogP) is 3.10. The lowest BCUT2D eigenvalue weighted by atomic mass is 10.1. The largest absolute Gasteiger partial charge is 0.399 e. The van der Waals surface area contributed by atoms with E-state index in [1.54, 1.807) is 12.1 Å². The Balaban J connectivity index is 2.04. The number of nitro groups is 1. The second-order valence-corrected chi connectivity index (χ2v) is 4.35. The fourth-order valence-corrected chi connectivity index (χ4v) is 1.82. The Hall–Kier alpha value is -2.56. The van der Waals surface area contributed by atoms with Crippen LogP contribution in [0.2, 0.25) is 0 Å². The molecule has 3 N–H and O–H groups in total. The molecule has 0 heterocycles. The molecule has 0 spiro atoms. The minimum absolute atomic E-state index is 0.104. The lowest BCUT2D eigenvalue weighted by Crippen LogP contribution is -2.01. The smallest absolute Gasteiger partial charge is 0.269 e. The van der Waals surface area contributed by atoms with Crippen molar-refractivity contribution in [2.24, 2.45) is 0 Å². The van der Waals surface area contributed by atoms with Crippen LogP contribution in [0.25, 0.3) is 0 Å². The van der Waals surface area contributed by atoms with Gasteiger partial charge in [-0.15, -0.1) is 0 Å². The Labute approximate surface area is 111 Å². The molecule has 5 heteroatoms. The van der Waals surface area contributed by atoms with Crippen molar-refractivity contribution in [2.45, 2.75) is 13.5 Å². The zero-order chi connectivity index (χ0) is 13.8. The molecule has 0 aliphatic rings. The topological polar surface area (TPSA) is 81.2 Å². The number of anilines is 2. The number of hydrogen-bond acceptors (Lipinski definition) is 4. The minimum Gasteiger partial charge on any atom is -0.399 e. The van der Waals surface area contributed by atoms with Gasteiger partial charge in [0.2, 0.25) is 0 Å². The number of nitrogens with zero attached hydrogens (tertiary/aromatic N) is 1. The monoisotopic (exact) mass is 257 g/mol. The van der Waals surface area contributed by atoms with Crippen LogP contribution in [0.3, 0.4) is 0 Å². The molecule has 0 aliphatic heterocycles. The van der Waals surface area contributed by atoms with E-state index in [9.17, 15) is 10.1 Å². The van der Waals surface area contributed by atoms with Gasteiger partial charge in [-0.25, -0.2) is 0 Å². The maximum atomic E-state index is 10.5. The summed E-state index contributed by atoms with van der Waals surface area (Å²) in [5.74, 6) is 0. The van der Waals surface area contributed by atoms with Gasteiger partial charge in [0.25, 0.3) is 5.69 Å². The molecule has 0 aliphatic carbocycles. The SMILES string of the molecule is Cc1cc(N)ccc1NCc1ccc([N+](=O)[O-])cc1. The third kappa shape index (κ3) is 3.22. The Morgan fingerprint density at radius 1 is 1.21 bits per heavy atom. The highest BCUT2D eigenvalue weighted by Gasteiger charge is 2.04. The Morgan fingerprint density at radius 2 is 1.89 bits per heavy atom. The summed E-state index contributed by atoms with van der Waals surface area (Å²) >= 11 is 0. The number of aryl methyl sites for hydroxylation is 1. The van der Waals surface area contributed by atoms with Crippen molar-refractivity contribution in [3.63, 3.8) is 0 Å². The summed E-state index contributed by atoms with van der Waals surface area (Å²) < 4.78 is 0. The van der Waals surface area contributed by atoms with Crippen LogP contribution < -0.4 is 11.1 Å². The van der Waals surface area contributed by atoms with Crippen LogP contribution in [0.15, 0.2) is 42.5 Å². The summed E-state index contributed by atoms with van der Waals surface area (Å²) in [5.41, 5.74) is 9.59. The maximum Gasteiger partial charge on any atom is 0.269 e. The quantitative estimate of drug-likeness (QED) is 0.501. The van der Waals surface area contributed by atoms with Crippen LogP contribution >= 0.6 is 0 Å². The zero-order valence-corrected chi connectivity index (χ0v) is 10.6. The number of nitrogens with two attached hydrogens (primary N) is 1. The first kappa shape index (κ1) is 12.9. The minimum atomic E-state index is -0.401. The molecule has 5 nitrogen and oxygen atoms in total. The van der Waals surface area contributed by atoms with E-state index in [1.165, 1.54) is 12.1 Å². The third-order valence-corrected chi connectivity index (χ3v) is 2.88. The highest BCUT2D eigenvalue weighted by Crippen LogP contribution is 2.19. The van der Waals surface area contributed by atoms with Gasteiger partial charge in [0.1, 0.15) is 0 Å². The van der Waals surface area contributed by atoms with Crippen LogP contribution in [0.4, 0.5) is 17.1 Å². The second kappa shape index (κ2) is 5.39. The molecular weight excluding hydrogens is 242 g/mol. The number of benzene rings is 2. The average molecular weight is 257 g/mol. The molecule has 0 saturated carbocycles. The Morgan fingerprint density at radius 3 is 2.47 bits per heavy atom. The van der Waals surface area contributed by atoms with E-state index in [-0.39, 0.29) is 5.69 Å². The second-order valence-electron chi connectivity index (χ2n) is 4.35. The summed E-state index contributed by atoms with van der Waals surface area (Å²) in [7, 11) is 0. The average Bonchev–Trinajstić information content (AvgIpc) is 2.38. The number of nitrogen functional groups attached to an aromatic ring is 1. The van der Waals surface area contributed by atoms with Gasteiger partial charge in [-0.05, 0) is 36.2 Å². The fourth-order valence-electron chi connectivity index (χ4n) is 1.82. The molecule has 0 radical (unpaired) electrons. The van der Waals surface area contributed by atoms with E-state index >= 15 is 0 Å². The summed E-state index contributed by atoms with van der Waals surface area (Å²) in [4.78, 5) is 10.1. The highest BCUT2D eigenvalue weighted by molar-refractivity contribution is 5.57. The summed E-state index contributed by atoms with van der Waals surface area (Å²) in [6, 6.07) is 12.2. The van der Waals surface area contributed by atoms with Gasteiger partial charge in [0.15, 0.2) is 0 Å². The first-order chi connectivity index (χ1) is 9.06. The summed E-state index contributed by atoms with van der Waals surface area (Å²) in [5, 5.41) is 13.8. The third-order valence-electron chi connectivity index (χ3n) is 2.88. The molecule has 0 unspecified atom stereocenters. The number of nitro benzene ring substituents is 1. The van der Waals surface area contributed by atoms with Gasteiger partial charge in [0.05, 0.1) is 4.92 Å². The fraction of sp³-hybridized carbons (Fsp3) is 0.143. The Kier molecular flexibility index (Phi) is 3.66. The lowest BCUT2D eigenvalue weighted by Gasteiger charge is -2.10. The molecule has 19 heavy (non-hydrogen) atoms. The molecule has 2 rings (SSSR count). The van der Waals surface area contributed by atoms with Crippen molar-refractivity contribution < 1.29 is 4.92 Å². The van der Waals surface area contributed by atoms with Gasteiger partial charge < -0.3 is 11.1 Å². The van der Waals surface area contributed by atoms with Gasteiger partial charge in [-0.3, -0.25) is 10.1 Å². The normalized spacial score (nSPS) is 10.2. The highest BCUT2D eigenvalue weighted by atomic mass is 16.6. The predicted molar refractivity (Wildman–Crippen MR) is 76.0 cm³/mol. The summed E-state index contributed by atoms with van der Waals surface area (Å²) in [6.07, 6.45) is 0. The molecule has 98 valence electrons. The Bertz CT molecular complexity index is 594. The van der Waals surface area contributed by atoms with E-state index in [4.69, 9.17) is 5.73 Å². The standard InChI is InChI=1S/C14H15N3O2/c1-10-8-12(15)4-7-14(10)16-9-11-2-5-13(6-3-11)17(18)19/h2-8,16H,9,15H2,1H3. The summed E-state index contributed by atoms with van der Waals surface area (Å²) in [6.45, 7) is 2.59. The van der Waals surface area contributed by atoms with E-state index in [2.05, 4.69) is 5.32 Å². The molecule has 0 fully saturated rings. The molecule has 0 aromatic heterocycles. The van der Waals surface area contributed by atoms with Crippen LogP contribution in [-0.2, 0) is 6.54 Å². The van der Waals surface area contributed by atoms with E-state index in [0.29, 0.717) is 6.54 Å². The van der Waals surface area contributed by atoms with Gasteiger partial charge in [-0.2, -0.15) is 0 Å². The molecule has 0 bridgehead atoms. The number of rotatable bonds is 4. The van der Waals surface area contributed by atoms with Crippen molar-refractivity contribution in [2.75, 3.05) is 11.1 Å². The lowest BCUT2D eigenvalue weighted by molar-refractivity contribution is -0.384. The van der Waals surface area contributed by atoms with Gasteiger partial charge >= 0.3 is 0 Å². The van der Waals surface area contributed by atoms with Gasteiger partial charge in [0, 0.05) is 30.1 Å². The van der Waals surface area contributed by atoms with Crippen LogP contribution in [0, 0.1) is 17.0 Å². The van der Waals surface area contributed by atoms with Crippen molar-refractivity contribution in [1.82, 2.24) is 0 Å². The van der Waals surface area contributed by atoms with Crippen LogP contribution in [0.1, 0.15) is 11.1 Å². The van der Waals surface area contributed by atoms with E-state index in [1.807, 2.05) is 25.1 Å². The molecular formula is C14H15N3O2. The van der Waals surface area contributed by atoms with Crippen LogP contribution in [-0.4, -0.2) is 4.92 Å². The number of hydrogen-bond donors (Lipinski definition) is 2. The first-order valence-corrected chi connectivity index (χ1v) is 5.89. The van der Waals surface area contributed by atoms with Crippen molar-refractivity contribution in [1.29, 1.82) is 0 Å². The number of non-ortho nitro benzene ring substituents is 1. The molecule has 0 atom stereocenters. The zero-order valence-electron chi connectivity index (χ0n) is 10.6. The van der Waals surface area contributed by atoms with Crippen molar-refractivity contribution in [3.05, 3.63) is 63.7 Å². The van der Waals surface area contributed by atoms with E-state index in [0.717, 1.165) is 22.5 Å². The van der Waals surface area contributed by atoms with Gasteiger partial charge in [-0.1, -0.05) is 12.1 Å². The van der Waals surface area contributed by atoms with Crippen molar-refractivity contribution >= 4 is 17.1 Å². The first-order valence-electron chi connectivity index (χ1n) is 5.89. The molecule has 2 aromatic carbocycles.